The van der Waals surface area contributed by atoms with Crippen LogP contribution in [0.15, 0.2) is 42.5 Å². The van der Waals surface area contributed by atoms with Gasteiger partial charge in [0.2, 0.25) is 5.91 Å². The largest absolute Gasteiger partial charge is 0.354 e. The van der Waals surface area contributed by atoms with Crippen molar-refractivity contribution in [3.63, 3.8) is 0 Å². The lowest BCUT2D eigenvalue weighted by molar-refractivity contribution is -0.122. The number of hydrogen-bond donors (Lipinski definition) is 2. The summed E-state index contributed by atoms with van der Waals surface area (Å²) in [6.07, 6.45) is 0.541. The number of carbonyl (C=O) groups excluding carboxylic acids is 1. The Bertz CT molecular complexity index is 902. The summed E-state index contributed by atoms with van der Waals surface area (Å²) in [5.74, 6) is 0.244. The van der Waals surface area contributed by atoms with Crippen LogP contribution in [-0.2, 0) is 18.3 Å². The molecule has 0 saturated carbocycles. The number of amides is 1. The fraction of sp³-hybridized carbons (Fsp3) is 0.263. The Morgan fingerprint density at radius 3 is 2.72 bits per heavy atom. The van der Waals surface area contributed by atoms with Crippen LogP contribution >= 0.6 is 0 Å². The first-order chi connectivity index (χ1) is 12.0. The second-order valence-corrected chi connectivity index (χ2v) is 6.15. The molecular formula is C19H21FN4O. The molecule has 6 heteroatoms. The average Bonchev–Trinajstić information content (AvgIpc) is 2.90. The molecule has 3 aromatic rings. The van der Waals surface area contributed by atoms with Gasteiger partial charge in [0, 0.05) is 26.1 Å². The minimum Gasteiger partial charge on any atom is -0.354 e. The van der Waals surface area contributed by atoms with Gasteiger partial charge in [-0.05, 0) is 24.6 Å². The molecule has 0 aliphatic carbocycles. The molecule has 130 valence electrons. The van der Waals surface area contributed by atoms with Gasteiger partial charge in [-0.3, -0.25) is 4.79 Å². The maximum atomic E-state index is 13.3. The van der Waals surface area contributed by atoms with Crippen molar-refractivity contribution in [1.29, 1.82) is 0 Å². The van der Waals surface area contributed by atoms with Crippen molar-refractivity contribution in [3.05, 3.63) is 65.2 Å². The van der Waals surface area contributed by atoms with Gasteiger partial charge in [-0.15, -0.1) is 0 Å². The summed E-state index contributed by atoms with van der Waals surface area (Å²) in [6.45, 7) is 2.40. The van der Waals surface area contributed by atoms with Crippen molar-refractivity contribution in [1.82, 2.24) is 14.9 Å². The number of imidazole rings is 1. The second kappa shape index (κ2) is 7.03. The van der Waals surface area contributed by atoms with E-state index in [-0.39, 0.29) is 11.7 Å². The van der Waals surface area contributed by atoms with E-state index in [0.29, 0.717) is 18.5 Å². The van der Waals surface area contributed by atoms with Crippen LogP contribution in [0.4, 0.5) is 4.39 Å². The fourth-order valence-electron chi connectivity index (χ4n) is 2.78. The van der Waals surface area contributed by atoms with Crippen LogP contribution in [0, 0.1) is 12.7 Å². The topological polar surface area (TPSA) is 72.9 Å². The number of nitrogens with one attached hydrogen (secondary N) is 1. The van der Waals surface area contributed by atoms with Gasteiger partial charge in [-0.2, -0.15) is 0 Å². The lowest BCUT2D eigenvalue weighted by Gasteiger charge is -2.13. The van der Waals surface area contributed by atoms with Crippen LogP contribution in [-0.4, -0.2) is 22.0 Å². The highest BCUT2D eigenvalue weighted by atomic mass is 19.1. The van der Waals surface area contributed by atoms with Gasteiger partial charge in [-0.25, -0.2) is 9.37 Å². The van der Waals surface area contributed by atoms with Crippen molar-refractivity contribution in [2.75, 3.05) is 6.54 Å². The van der Waals surface area contributed by atoms with Crippen LogP contribution in [0.25, 0.3) is 11.0 Å². The summed E-state index contributed by atoms with van der Waals surface area (Å²) in [7, 11) is 1.88. The first-order valence-corrected chi connectivity index (χ1v) is 8.16. The molecule has 1 amide bonds. The Morgan fingerprint density at radius 1 is 1.28 bits per heavy atom. The Hall–Kier alpha value is -2.73. The van der Waals surface area contributed by atoms with E-state index in [1.807, 2.05) is 42.8 Å². The van der Waals surface area contributed by atoms with Gasteiger partial charge >= 0.3 is 0 Å². The molecule has 25 heavy (non-hydrogen) atoms. The summed E-state index contributed by atoms with van der Waals surface area (Å²) in [6, 6.07) is 11.4. The number of fused-ring (bicyclic) bond motifs is 1. The van der Waals surface area contributed by atoms with Gasteiger partial charge in [-0.1, -0.05) is 29.8 Å². The standard InChI is InChI=1S/C19H21FN4O/c1-12-3-5-13(6-4-12)18(21)19(25)22-10-9-17-23-15-11-14(20)7-8-16(15)24(17)2/h3-8,11,18H,9-10,21H2,1-2H3,(H,22,25). The third-order valence-electron chi connectivity index (χ3n) is 4.30. The number of hydrogen-bond acceptors (Lipinski definition) is 3. The zero-order valence-corrected chi connectivity index (χ0v) is 14.3. The smallest absolute Gasteiger partial charge is 0.241 e. The molecule has 0 radical (unpaired) electrons. The first kappa shape index (κ1) is 17.1. The number of nitrogens with zero attached hydrogens (tertiary/aromatic N) is 2. The van der Waals surface area contributed by atoms with E-state index in [9.17, 15) is 9.18 Å². The molecule has 1 unspecified atom stereocenters. The van der Waals surface area contributed by atoms with Gasteiger partial charge in [0.25, 0.3) is 0 Å². The van der Waals surface area contributed by atoms with Crippen molar-refractivity contribution in [2.24, 2.45) is 12.8 Å². The molecule has 0 aliphatic rings. The van der Waals surface area contributed by atoms with Gasteiger partial charge in [0.1, 0.15) is 17.7 Å². The molecule has 0 fully saturated rings. The minimum absolute atomic E-state index is 0.228. The van der Waals surface area contributed by atoms with Crippen molar-refractivity contribution in [3.8, 4) is 0 Å². The van der Waals surface area contributed by atoms with E-state index in [1.54, 1.807) is 6.07 Å². The number of benzene rings is 2. The normalized spacial score (nSPS) is 12.3. The highest BCUT2D eigenvalue weighted by Gasteiger charge is 2.15. The molecule has 3 N–H and O–H groups in total. The third-order valence-corrected chi connectivity index (χ3v) is 4.30. The Morgan fingerprint density at radius 2 is 2.00 bits per heavy atom. The Kier molecular flexibility index (Phi) is 4.81. The van der Waals surface area contributed by atoms with Crippen molar-refractivity contribution < 1.29 is 9.18 Å². The van der Waals surface area contributed by atoms with E-state index < -0.39 is 6.04 Å². The lowest BCUT2D eigenvalue weighted by atomic mass is 10.1. The summed E-state index contributed by atoms with van der Waals surface area (Å²) < 4.78 is 15.2. The second-order valence-electron chi connectivity index (χ2n) is 6.15. The van der Waals surface area contributed by atoms with Crippen LogP contribution in [0.5, 0.6) is 0 Å². The monoisotopic (exact) mass is 340 g/mol. The maximum Gasteiger partial charge on any atom is 0.241 e. The molecule has 0 bridgehead atoms. The summed E-state index contributed by atoms with van der Waals surface area (Å²) in [4.78, 5) is 16.6. The SMILES string of the molecule is Cc1ccc(C(N)C(=O)NCCc2nc3cc(F)ccc3n2C)cc1. The van der Waals surface area contributed by atoms with Crippen molar-refractivity contribution >= 4 is 16.9 Å². The van der Waals surface area contributed by atoms with Crippen LogP contribution in [0.1, 0.15) is 23.0 Å². The van der Waals surface area contributed by atoms with Crippen LogP contribution in [0.3, 0.4) is 0 Å². The van der Waals surface area contributed by atoms with Gasteiger partial charge < -0.3 is 15.6 Å². The number of aryl methyl sites for hydroxylation is 2. The summed E-state index contributed by atoms with van der Waals surface area (Å²) >= 11 is 0. The zero-order valence-electron chi connectivity index (χ0n) is 14.3. The number of carbonyl (C=O) groups is 1. The summed E-state index contributed by atoms with van der Waals surface area (Å²) in [5, 5.41) is 2.84. The predicted molar refractivity (Wildman–Crippen MR) is 95.5 cm³/mol. The molecule has 1 heterocycles. The van der Waals surface area contributed by atoms with E-state index >= 15 is 0 Å². The number of aromatic nitrogens is 2. The van der Waals surface area contributed by atoms with E-state index in [0.717, 1.165) is 22.5 Å². The molecule has 2 aromatic carbocycles. The fourth-order valence-corrected chi connectivity index (χ4v) is 2.78. The number of halogens is 1. The van der Waals surface area contributed by atoms with Crippen LogP contribution in [0.2, 0.25) is 0 Å². The van der Waals surface area contributed by atoms with E-state index in [1.165, 1.54) is 12.1 Å². The molecule has 1 aromatic heterocycles. The highest BCUT2D eigenvalue weighted by Crippen LogP contribution is 2.16. The van der Waals surface area contributed by atoms with Gasteiger partial charge in [0.15, 0.2) is 0 Å². The first-order valence-electron chi connectivity index (χ1n) is 8.16. The minimum atomic E-state index is -0.699. The van der Waals surface area contributed by atoms with E-state index in [2.05, 4.69) is 10.3 Å². The average molecular weight is 340 g/mol. The molecule has 0 aliphatic heterocycles. The summed E-state index contributed by atoms with van der Waals surface area (Å²) in [5.41, 5.74) is 9.37. The molecule has 5 nitrogen and oxygen atoms in total. The zero-order chi connectivity index (χ0) is 18.0. The maximum absolute atomic E-state index is 13.3. The molecule has 1 atom stereocenters. The number of nitrogens with two attached hydrogens (primary N) is 1. The number of rotatable bonds is 5. The molecule has 3 rings (SSSR count). The van der Waals surface area contributed by atoms with E-state index in [4.69, 9.17) is 5.73 Å². The highest BCUT2D eigenvalue weighted by molar-refractivity contribution is 5.83. The Balaban J connectivity index is 1.61. The third kappa shape index (κ3) is 3.69. The quantitative estimate of drug-likeness (QED) is 0.749. The predicted octanol–water partition coefficient (Wildman–Crippen LogP) is 2.38. The van der Waals surface area contributed by atoms with Crippen molar-refractivity contribution in [2.45, 2.75) is 19.4 Å². The van der Waals surface area contributed by atoms with Crippen LogP contribution < -0.4 is 11.1 Å². The molecular weight excluding hydrogens is 319 g/mol. The Labute approximate surface area is 145 Å². The molecule has 0 saturated heterocycles. The lowest BCUT2D eigenvalue weighted by Crippen LogP contribution is -2.35. The molecule has 0 spiro atoms. The van der Waals surface area contributed by atoms with Gasteiger partial charge in [0.05, 0.1) is 11.0 Å².